The van der Waals surface area contributed by atoms with E-state index in [4.69, 9.17) is 14.2 Å². The molecule has 0 heterocycles. The highest BCUT2D eigenvalue weighted by atomic mass is 16.5. The summed E-state index contributed by atoms with van der Waals surface area (Å²) in [6.07, 6.45) is 0.0467. The van der Waals surface area contributed by atoms with E-state index in [9.17, 15) is 9.59 Å². The Kier molecular flexibility index (Phi) is 7.49. The standard InChI is InChI=1S/C20H23NO5/c1-3-24-17-11-10-15(12-18(17)25-4-2)13-20(23)26-14-19(22)21-16-8-6-5-7-9-16/h5-12H,3-4,13-14H2,1-2H3,(H,21,22). The fraction of sp³-hybridized carbons (Fsp3) is 0.300. The highest BCUT2D eigenvalue weighted by molar-refractivity contribution is 5.92. The first-order chi connectivity index (χ1) is 12.6. The van der Waals surface area contributed by atoms with Crippen molar-refractivity contribution in [2.24, 2.45) is 0 Å². The van der Waals surface area contributed by atoms with Crippen molar-refractivity contribution >= 4 is 17.6 Å². The first kappa shape index (κ1) is 19.3. The van der Waals surface area contributed by atoms with Crippen LogP contribution in [0.3, 0.4) is 0 Å². The van der Waals surface area contributed by atoms with Gasteiger partial charge < -0.3 is 19.5 Å². The highest BCUT2D eigenvalue weighted by Crippen LogP contribution is 2.28. The van der Waals surface area contributed by atoms with Crippen LogP contribution < -0.4 is 14.8 Å². The van der Waals surface area contributed by atoms with Gasteiger partial charge in [-0.2, -0.15) is 0 Å². The maximum Gasteiger partial charge on any atom is 0.310 e. The Labute approximate surface area is 153 Å². The molecule has 6 heteroatoms. The second kappa shape index (κ2) is 10.1. The van der Waals surface area contributed by atoms with E-state index in [0.717, 1.165) is 5.56 Å². The summed E-state index contributed by atoms with van der Waals surface area (Å²) in [5.74, 6) is 0.348. The molecular weight excluding hydrogens is 334 g/mol. The summed E-state index contributed by atoms with van der Waals surface area (Å²) in [6, 6.07) is 14.3. The molecule has 2 aromatic rings. The predicted octanol–water partition coefficient (Wildman–Crippen LogP) is 3.21. The zero-order chi connectivity index (χ0) is 18.8. The maximum absolute atomic E-state index is 12.0. The van der Waals surface area contributed by atoms with Crippen molar-refractivity contribution < 1.29 is 23.8 Å². The summed E-state index contributed by atoms with van der Waals surface area (Å²) in [5.41, 5.74) is 1.38. The third-order valence-corrected chi connectivity index (χ3v) is 3.38. The molecule has 2 aromatic carbocycles. The lowest BCUT2D eigenvalue weighted by Gasteiger charge is -2.12. The number of anilines is 1. The number of esters is 1. The van der Waals surface area contributed by atoms with Gasteiger partial charge in [-0.3, -0.25) is 9.59 Å². The topological polar surface area (TPSA) is 73.9 Å². The van der Waals surface area contributed by atoms with Gasteiger partial charge in [-0.05, 0) is 43.7 Å². The number of carbonyl (C=O) groups excluding carboxylic acids is 2. The number of hydrogen-bond donors (Lipinski definition) is 1. The molecule has 0 bridgehead atoms. The van der Waals surface area contributed by atoms with Crippen LogP contribution in [0.15, 0.2) is 48.5 Å². The molecule has 0 aliphatic heterocycles. The summed E-state index contributed by atoms with van der Waals surface area (Å²) in [4.78, 5) is 23.8. The van der Waals surface area contributed by atoms with Crippen LogP contribution in [0.4, 0.5) is 5.69 Å². The lowest BCUT2D eigenvalue weighted by Crippen LogP contribution is -2.21. The molecule has 138 valence electrons. The Bertz CT molecular complexity index is 730. The van der Waals surface area contributed by atoms with Gasteiger partial charge in [-0.1, -0.05) is 24.3 Å². The van der Waals surface area contributed by atoms with Gasteiger partial charge in [0.25, 0.3) is 5.91 Å². The molecular formula is C20H23NO5. The molecule has 1 N–H and O–H groups in total. The number of carbonyl (C=O) groups is 2. The summed E-state index contributed by atoms with van der Waals surface area (Å²) in [6.45, 7) is 4.46. The Morgan fingerprint density at radius 3 is 2.31 bits per heavy atom. The van der Waals surface area contributed by atoms with E-state index in [1.807, 2.05) is 32.0 Å². The van der Waals surface area contributed by atoms with Crippen molar-refractivity contribution in [2.75, 3.05) is 25.1 Å². The molecule has 0 fully saturated rings. The third kappa shape index (κ3) is 6.12. The minimum Gasteiger partial charge on any atom is -0.490 e. The Balaban J connectivity index is 1.86. The molecule has 0 spiro atoms. The van der Waals surface area contributed by atoms with Crippen LogP contribution in [0.2, 0.25) is 0 Å². The number of hydrogen-bond acceptors (Lipinski definition) is 5. The summed E-state index contributed by atoms with van der Waals surface area (Å²) in [7, 11) is 0. The van der Waals surface area contributed by atoms with Crippen LogP contribution in [0.25, 0.3) is 0 Å². The molecule has 0 saturated heterocycles. The molecule has 0 radical (unpaired) electrons. The van der Waals surface area contributed by atoms with E-state index in [2.05, 4.69) is 5.32 Å². The van der Waals surface area contributed by atoms with Gasteiger partial charge in [0.1, 0.15) is 0 Å². The maximum atomic E-state index is 12.0. The third-order valence-electron chi connectivity index (χ3n) is 3.38. The number of benzene rings is 2. The molecule has 0 aliphatic carbocycles. The number of nitrogens with one attached hydrogen (secondary N) is 1. The van der Waals surface area contributed by atoms with E-state index >= 15 is 0 Å². The van der Waals surface area contributed by atoms with Gasteiger partial charge in [0, 0.05) is 5.69 Å². The SMILES string of the molecule is CCOc1ccc(CC(=O)OCC(=O)Nc2ccccc2)cc1OCC. The zero-order valence-corrected chi connectivity index (χ0v) is 15.0. The van der Waals surface area contributed by atoms with Crippen LogP contribution in [-0.4, -0.2) is 31.7 Å². The van der Waals surface area contributed by atoms with E-state index in [0.29, 0.717) is 30.4 Å². The molecule has 0 saturated carbocycles. The number of para-hydroxylation sites is 1. The predicted molar refractivity (Wildman–Crippen MR) is 98.5 cm³/mol. The average Bonchev–Trinajstić information content (AvgIpc) is 2.63. The Morgan fingerprint density at radius 2 is 1.62 bits per heavy atom. The first-order valence-electron chi connectivity index (χ1n) is 8.51. The van der Waals surface area contributed by atoms with Gasteiger partial charge in [0.15, 0.2) is 18.1 Å². The van der Waals surface area contributed by atoms with Crippen molar-refractivity contribution in [3.8, 4) is 11.5 Å². The highest BCUT2D eigenvalue weighted by Gasteiger charge is 2.12. The molecule has 1 amide bonds. The molecule has 2 rings (SSSR count). The van der Waals surface area contributed by atoms with Gasteiger partial charge in [-0.15, -0.1) is 0 Å². The normalized spacial score (nSPS) is 10.1. The lowest BCUT2D eigenvalue weighted by molar-refractivity contribution is -0.146. The number of ether oxygens (including phenoxy) is 3. The van der Waals surface area contributed by atoms with Gasteiger partial charge in [-0.25, -0.2) is 0 Å². The monoisotopic (exact) mass is 357 g/mol. The average molecular weight is 357 g/mol. The molecule has 0 unspecified atom stereocenters. The van der Waals surface area contributed by atoms with Crippen molar-refractivity contribution in [2.45, 2.75) is 20.3 Å². The van der Waals surface area contributed by atoms with E-state index in [1.54, 1.807) is 30.3 Å². The van der Waals surface area contributed by atoms with Crippen molar-refractivity contribution in [3.05, 3.63) is 54.1 Å². The Hall–Kier alpha value is -3.02. The van der Waals surface area contributed by atoms with Gasteiger partial charge >= 0.3 is 5.97 Å². The van der Waals surface area contributed by atoms with Gasteiger partial charge in [0.2, 0.25) is 0 Å². The lowest BCUT2D eigenvalue weighted by atomic mass is 10.1. The minimum atomic E-state index is -0.486. The summed E-state index contributed by atoms with van der Waals surface area (Å²) < 4.78 is 16.1. The van der Waals surface area contributed by atoms with Crippen LogP contribution in [0, 0.1) is 0 Å². The van der Waals surface area contributed by atoms with Gasteiger partial charge in [0.05, 0.1) is 19.6 Å². The van der Waals surface area contributed by atoms with Crippen LogP contribution >= 0.6 is 0 Å². The van der Waals surface area contributed by atoms with Crippen molar-refractivity contribution in [1.29, 1.82) is 0 Å². The zero-order valence-electron chi connectivity index (χ0n) is 15.0. The quantitative estimate of drug-likeness (QED) is 0.698. The van der Waals surface area contributed by atoms with Crippen LogP contribution in [0.5, 0.6) is 11.5 Å². The molecule has 26 heavy (non-hydrogen) atoms. The largest absolute Gasteiger partial charge is 0.490 e. The minimum absolute atomic E-state index is 0.0467. The van der Waals surface area contributed by atoms with E-state index in [1.165, 1.54) is 0 Å². The smallest absolute Gasteiger partial charge is 0.310 e. The van der Waals surface area contributed by atoms with E-state index in [-0.39, 0.29) is 18.9 Å². The van der Waals surface area contributed by atoms with Crippen molar-refractivity contribution in [3.63, 3.8) is 0 Å². The summed E-state index contributed by atoms with van der Waals surface area (Å²) >= 11 is 0. The first-order valence-corrected chi connectivity index (χ1v) is 8.51. The molecule has 0 aliphatic rings. The molecule has 6 nitrogen and oxygen atoms in total. The van der Waals surface area contributed by atoms with Crippen LogP contribution in [0.1, 0.15) is 19.4 Å². The van der Waals surface area contributed by atoms with Crippen LogP contribution in [-0.2, 0) is 20.7 Å². The molecule has 0 atom stereocenters. The number of amides is 1. The molecule has 0 aromatic heterocycles. The second-order valence-corrected chi connectivity index (χ2v) is 5.40. The fourth-order valence-electron chi connectivity index (χ4n) is 2.29. The van der Waals surface area contributed by atoms with E-state index < -0.39 is 5.97 Å². The second-order valence-electron chi connectivity index (χ2n) is 5.40. The van der Waals surface area contributed by atoms with Crippen molar-refractivity contribution in [1.82, 2.24) is 0 Å². The summed E-state index contributed by atoms with van der Waals surface area (Å²) in [5, 5.41) is 2.66. The number of rotatable bonds is 9. The Morgan fingerprint density at radius 1 is 0.923 bits per heavy atom. The fourth-order valence-corrected chi connectivity index (χ4v) is 2.29.